The van der Waals surface area contributed by atoms with Crippen LogP contribution in [-0.2, 0) is 21.5 Å². The highest BCUT2D eigenvalue weighted by atomic mass is 16.2. The van der Waals surface area contributed by atoms with E-state index in [0.29, 0.717) is 6.54 Å². The van der Waals surface area contributed by atoms with E-state index in [4.69, 9.17) is 0 Å². The Kier molecular flexibility index (Phi) is 5.12. The van der Waals surface area contributed by atoms with Gasteiger partial charge in [0, 0.05) is 13.5 Å². The third-order valence-electron chi connectivity index (χ3n) is 5.14. The predicted octanol–water partition coefficient (Wildman–Crippen LogP) is 3.57. The Bertz CT molecular complexity index is 799. The fourth-order valence-corrected chi connectivity index (χ4v) is 3.75. The molecule has 1 heterocycles. The van der Waals surface area contributed by atoms with Gasteiger partial charge in [0.2, 0.25) is 11.8 Å². The number of amides is 2. The molecule has 1 aliphatic heterocycles. The second-order valence-electron chi connectivity index (χ2n) is 7.42. The lowest BCUT2D eigenvalue weighted by molar-refractivity contribution is -0.133. The van der Waals surface area contributed by atoms with Crippen LogP contribution in [0, 0.1) is 0 Å². The molecule has 1 unspecified atom stereocenters. The normalized spacial score (nSPS) is 16.7. The molecule has 1 aliphatic rings. The number of nitrogens with zero attached hydrogens (tertiary/aromatic N) is 1. The quantitative estimate of drug-likeness (QED) is 0.916. The van der Waals surface area contributed by atoms with Crippen LogP contribution in [0.3, 0.4) is 0 Å². The first-order valence-corrected chi connectivity index (χ1v) is 9.10. The summed E-state index contributed by atoms with van der Waals surface area (Å²) in [6.45, 7) is 6.23. The smallest absolute Gasteiger partial charge is 0.223 e. The van der Waals surface area contributed by atoms with Gasteiger partial charge in [-0.3, -0.25) is 9.59 Å². The number of rotatable bonds is 4. The van der Waals surface area contributed by atoms with E-state index in [1.807, 2.05) is 67.3 Å². The molecule has 2 aromatic rings. The Morgan fingerprint density at radius 2 is 1.73 bits per heavy atom. The molecule has 4 nitrogen and oxygen atoms in total. The summed E-state index contributed by atoms with van der Waals surface area (Å²) < 4.78 is 0. The zero-order valence-corrected chi connectivity index (χ0v) is 15.7. The molecular formula is C22H26N2O2. The van der Waals surface area contributed by atoms with Gasteiger partial charge in [0.15, 0.2) is 0 Å². The average molecular weight is 350 g/mol. The summed E-state index contributed by atoms with van der Waals surface area (Å²) in [4.78, 5) is 26.7. The van der Waals surface area contributed by atoms with E-state index in [0.717, 1.165) is 17.5 Å². The number of nitrogens with one attached hydrogen (secondary N) is 1. The van der Waals surface area contributed by atoms with E-state index < -0.39 is 5.54 Å². The average Bonchev–Trinajstić information content (AvgIpc) is 2.62. The minimum Gasteiger partial charge on any atom is -0.347 e. The SMILES string of the molecule is CC(=O)N1CCc2ccccc2C1CC(=O)NC(C)(C)c1ccccc1. The molecule has 0 aliphatic carbocycles. The first-order chi connectivity index (χ1) is 12.4. The molecule has 3 rings (SSSR count). The summed E-state index contributed by atoms with van der Waals surface area (Å²) in [7, 11) is 0. The van der Waals surface area contributed by atoms with Crippen LogP contribution >= 0.6 is 0 Å². The van der Waals surface area contributed by atoms with E-state index in [1.54, 1.807) is 6.92 Å². The summed E-state index contributed by atoms with van der Waals surface area (Å²) in [6.07, 6.45) is 1.11. The van der Waals surface area contributed by atoms with E-state index in [1.165, 1.54) is 5.56 Å². The van der Waals surface area contributed by atoms with Gasteiger partial charge in [-0.2, -0.15) is 0 Å². The summed E-state index contributed by atoms with van der Waals surface area (Å²) in [5.74, 6) is -0.0357. The van der Waals surface area contributed by atoms with E-state index in [2.05, 4.69) is 11.4 Å². The van der Waals surface area contributed by atoms with Crippen molar-refractivity contribution in [3.63, 3.8) is 0 Å². The maximum atomic E-state index is 12.8. The third kappa shape index (κ3) is 3.79. The van der Waals surface area contributed by atoms with Crippen LogP contribution in [-0.4, -0.2) is 23.3 Å². The topological polar surface area (TPSA) is 49.4 Å². The monoisotopic (exact) mass is 350 g/mol. The Morgan fingerprint density at radius 1 is 1.08 bits per heavy atom. The van der Waals surface area contributed by atoms with Gasteiger partial charge in [0.1, 0.15) is 0 Å². The maximum absolute atomic E-state index is 12.8. The molecule has 2 amide bonds. The molecule has 0 spiro atoms. The van der Waals surface area contributed by atoms with Gasteiger partial charge in [-0.05, 0) is 37.0 Å². The molecule has 1 atom stereocenters. The Hall–Kier alpha value is -2.62. The van der Waals surface area contributed by atoms with Crippen molar-refractivity contribution in [3.05, 3.63) is 71.3 Å². The van der Waals surface area contributed by atoms with E-state index in [9.17, 15) is 9.59 Å². The Balaban J connectivity index is 1.79. The van der Waals surface area contributed by atoms with Crippen LogP contribution in [0.25, 0.3) is 0 Å². The van der Waals surface area contributed by atoms with Crippen molar-refractivity contribution >= 4 is 11.8 Å². The van der Waals surface area contributed by atoms with Gasteiger partial charge in [-0.25, -0.2) is 0 Å². The van der Waals surface area contributed by atoms with Crippen LogP contribution in [0.2, 0.25) is 0 Å². The summed E-state index contributed by atoms with van der Waals surface area (Å²) >= 11 is 0. The second kappa shape index (κ2) is 7.32. The molecule has 0 bridgehead atoms. The van der Waals surface area contributed by atoms with Crippen molar-refractivity contribution in [1.29, 1.82) is 0 Å². The lowest BCUT2D eigenvalue weighted by atomic mass is 9.89. The summed E-state index contributed by atoms with van der Waals surface area (Å²) in [6, 6.07) is 17.8. The van der Waals surface area contributed by atoms with Gasteiger partial charge in [0.05, 0.1) is 18.0 Å². The van der Waals surface area contributed by atoms with E-state index >= 15 is 0 Å². The molecule has 26 heavy (non-hydrogen) atoms. The molecule has 136 valence electrons. The Labute approximate surface area is 155 Å². The van der Waals surface area contributed by atoms with Crippen LogP contribution < -0.4 is 5.32 Å². The maximum Gasteiger partial charge on any atom is 0.223 e. The lowest BCUT2D eigenvalue weighted by Gasteiger charge is -2.37. The molecule has 4 heteroatoms. The molecule has 0 saturated carbocycles. The standard InChI is InChI=1S/C22H26N2O2/c1-16(25)24-14-13-17-9-7-8-12-19(17)20(24)15-21(26)23-22(2,3)18-10-5-4-6-11-18/h4-12,20H,13-15H2,1-3H3,(H,23,26). The fraction of sp³-hybridized carbons (Fsp3) is 0.364. The van der Waals surface area contributed by atoms with Crippen molar-refractivity contribution in [2.75, 3.05) is 6.54 Å². The Morgan fingerprint density at radius 3 is 2.42 bits per heavy atom. The predicted molar refractivity (Wildman–Crippen MR) is 103 cm³/mol. The van der Waals surface area contributed by atoms with Crippen molar-refractivity contribution in [1.82, 2.24) is 10.2 Å². The highest BCUT2D eigenvalue weighted by Crippen LogP contribution is 2.32. The van der Waals surface area contributed by atoms with Gasteiger partial charge in [-0.1, -0.05) is 54.6 Å². The van der Waals surface area contributed by atoms with Crippen molar-refractivity contribution in [2.24, 2.45) is 0 Å². The number of benzene rings is 2. The molecule has 0 fully saturated rings. The largest absolute Gasteiger partial charge is 0.347 e. The zero-order valence-electron chi connectivity index (χ0n) is 15.7. The summed E-state index contributed by atoms with van der Waals surface area (Å²) in [5, 5.41) is 3.13. The van der Waals surface area contributed by atoms with Crippen LogP contribution in [0.15, 0.2) is 54.6 Å². The van der Waals surface area contributed by atoms with Crippen molar-refractivity contribution < 1.29 is 9.59 Å². The van der Waals surface area contributed by atoms with Crippen LogP contribution in [0.1, 0.15) is 49.9 Å². The summed E-state index contributed by atoms with van der Waals surface area (Å²) in [5.41, 5.74) is 2.90. The lowest BCUT2D eigenvalue weighted by Crippen LogP contribution is -2.45. The molecular weight excluding hydrogens is 324 g/mol. The van der Waals surface area contributed by atoms with Gasteiger partial charge in [0.25, 0.3) is 0 Å². The van der Waals surface area contributed by atoms with Gasteiger partial charge in [-0.15, -0.1) is 0 Å². The minimum atomic E-state index is -0.465. The zero-order chi connectivity index (χ0) is 18.7. The first kappa shape index (κ1) is 18.2. The highest BCUT2D eigenvalue weighted by Gasteiger charge is 2.32. The minimum absolute atomic E-state index is 0.0135. The van der Waals surface area contributed by atoms with Gasteiger partial charge >= 0.3 is 0 Å². The third-order valence-corrected chi connectivity index (χ3v) is 5.14. The van der Waals surface area contributed by atoms with E-state index in [-0.39, 0.29) is 24.3 Å². The first-order valence-electron chi connectivity index (χ1n) is 9.10. The van der Waals surface area contributed by atoms with Crippen molar-refractivity contribution in [3.8, 4) is 0 Å². The van der Waals surface area contributed by atoms with Crippen LogP contribution in [0.4, 0.5) is 0 Å². The molecule has 0 saturated heterocycles. The number of fused-ring (bicyclic) bond motifs is 1. The van der Waals surface area contributed by atoms with Gasteiger partial charge < -0.3 is 10.2 Å². The van der Waals surface area contributed by atoms with Crippen LogP contribution in [0.5, 0.6) is 0 Å². The molecule has 0 radical (unpaired) electrons. The molecule has 2 aromatic carbocycles. The second-order valence-corrected chi connectivity index (χ2v) is 7.42. The number of hydrogen-bond donors (Lipinski definition) is 1. The molecule has 0 aromatic heterocycles. The highest BCUT2D eigenvalue weighted by molar-refractivity contribution is 5.80. The van der Waals surface area contributed by atoms with Crippen molar-refractivity contribution in [2.45, 2.75) is 45.2 Å². The number of carbonyl (C=O) groups is 2. The number of carbonyl (C=O) groups excluding carboxylic acids is 2. The molecule has 1 N–H and O–H groups in total. The fourth-order valence-electron chi connectivity index (χ4n) is 3.75. The number of hydrogen-bond acceptors (Lipinski definition) is 2.